The number of nitrogens with zero attached hydrogens (tertiary/aromatic N) is 1. The van der Waals surface area contributed by atoms with E-state index in [0.29, 0.717) is 18.7 Å². The molecule has 1 aromatic heterocycles. The van der Waals surface area contributed by atoms with Crippen LogP contribution in [0, 0.1) is 0 Å². The predicted octanol–water partition coefficient (Wildman–Crippen LogP) is 4.86. The lowest BCUT2D eigenvalue weighted by atomic mass is 9.96. The van der Waals surface area contributed by atoms with E-state index in [9.17, 15) is 18.0 Å². The van der Waals surface area contributed by atoms with E-state index in [4.69, 9.17) is 4.74 Å². The highest BCUT2D eigenvalue weighted by Crippen LogP contribution is 2.30. The van der Waals surface area contributed by atoms with Gasteiger partial charge >= 0.3 is 6.18 Å². The second kappa shape index (κ2) is 11.0. The number of aromatic nitrogens is 1. The summed E-state index contributed by atoms with van der Waals surface area (Å²) in [5.41, 5.74) is 1.76. The molecular weight excluding hydrogens is 431 g/mol. The molecule has 3 aromatic rings. The minimum atomic E-state index is -4.37. The van der Waals surface area contributed by atoms with Crippen LogP contribution in [0.25, 0.3) is 0 Å². The molecule has 8 heteroatoms. The maximum absolute atomic E-state index is 12.9. The minimum absolute atomic E-state index is 0.193. The van der Waals surface area contributed by atoms with Crippen molar-refractivity contribution < 1.29 is 22.7 Å². The lowest BCUT2D eigenvalue weighted by Crippen LogP contribution is -2.38. The Kier molecular flexibility index (Phi) is 8.06. The summed E-state index contributed by atoms with van der Waals surface area (Å²) in [6.45, 7) is 0. The molecule has 2 N–H and O–H groups in total. The number of alkyl halides is 3. The average molecular weight is 457 g/mol. The molecule has 33 heavy (non-hydrogen) atoms. The molecule has 3 rings (SSSR count). The number of halogens is 3. The smallest absolute Gasteiger partial charge is 0.416 e. The molecule has 1 amide bonds. The molecular formula is C25H26F3N3O2. The first-order valence-electron chi connectivity index (χ1n) is 10.5. The van der Waals surface area contributed by atoms with E-state index in [-0.39, 0.29) is 11.9 Å². The first kappa shape index (κ1) is 24.3. The highest BCUT2D eigenvalue weighted by molar-refractivity contribution is 5.83. The van der Waals surface area contributed by atoms with Gasteiger partial charge in [-0.25, -0.2) is 4.98 Å². The maximum atomic E-state index is 12.9. The zero-order valence-electron chi connectivity index (χ0n) is 18.4. The molecule has 0 unspecified atom stereocenters. The molecule has 2 atom stereocenters. The van der Waals surface area contributed by atoms with Gasteiger partial charge in [0.1, 0.15) is 6.04 Å². The van der Waals surface area contributed by atoms with Crippen LogP contribution in [-0.2, 0) is 17.4 Å². The van der Waals surface area contributed by atoms with Gasteiger partial charge in [-0.2, -0.15) is 13.2 Å². The summed E-state index contributed by atoms with van der Waals surface area (Å²) in [6, 6.07) is 17.2. The number of ether oxygens (including phenoxy) is 1. The molecule has 0 radical (unpaired) electrons. The van der Waals surface area contributed by atoms with E-state index in [2.05, 4.69) is 15.6 Å². The van der Waals surface area contributed by atoms with Crippen LogP contribution in [0.1, 0.15) is 40.8 Å². The Morgan fingerprint density at radius 1 is 1.03 bits per heavy atom. The molecule has 1 heterocycles. The van der Waals surface area contributed by atoms with Gasteiger partial charge in [-0.15, -0.1) is 0 Å². The zero-order valence-corrected chi connectivity index (χ0v) is 18.4. The summed E-state index contributed by atoms with van der Waals surface area (Å²) in [5.74, 6) is 0.242. The van der Waals surface area contributed by atoms with Crippen molar-refractivity contribution in [3.05, 3.63) is 95.2 Å². The van der Waals surface area contributed by atoms with Crippen molar-refractivity contribution in [3.63, 3.8) is 0 Å². The Labute approximate surface area is 191 Å². The molecule has 174 valence electrons. The second-order valence-corrected chi connectivity index (χ2v) is 7.54. The SMILES string of the molecule is CNC(=O)[C@@H](N[C@@H](CCc1ccc(C(F)(F)F)cc1)c1ccnc(OC)c1)c1ccccc1. The number of carbonyl (C=O) groups excluding carboxylic acids is 1. The van der Waals surface area contributed by atoms with Gasteiger partial charge in [0.2, 0.25) is 11.8 Å². The second-order valence-electron chi connectivity index (χ2n) is 7.54. The van der Waals surface area contributed by atoms with Crippen molar-refractivity contribution in [1.82, 2.24) is 15.6 Å². The number of likely N-dealkylation sites (N-methyl/N-ethyl adjacent to an activating group) is 1. The van der Waals surface area contributed by atoms with Gasteiger partial charge in [-0.1, -0.05) is 42.5 Å². The van der Waals surface area contributed by atoms with Crippen LogP contribution in [0.5, 0.6) is 5.88 Å². The van der Waals surface area contributed by atoms with Gasteiger partial charge in [-0.05, 0) is 47.7 Å². The topological polar surface area (TPSA) is 63.2 Å². The van der Waals surface area contributed by atoms with E-state index in [1.54, 1.807) is 19.3 Å². The standard InChI is InChI=1S/C25H26F3N3O2/c1-29-24(32)23(18-6-4-3-5-7-18)31-21(19-14-15-30-22(16-19)33-2)13-10-17-8-11-20(12-9-17)25(26,27)28/h3-9,11-12,14-16,21,23,31H,10,13H2,1-2H3,(H,29,32)/t21-,23-/m0/s1. The van der Waals surface area contributed by atoms with Crippen LogP contribution >= 0.6 is 0 Å². The normalized spacial score (nSPS) is 13.2. The van der Waals surface area contributed by atoms with Crippen molar-refractivity contribution in [2.75, 3.05) is 14.2 Å². The third kappa shape index (κ3) is 6.55. The van der Waals surface area contributed by atoms with Crippen molar-refractivity contribution in [2.24, 2.45) is 0 Å². The number of carbonyl (C=O) groups is 1. The molecule has 2 aromatic carbocycles. The molecule has 0 saturated carbocycles. The number of nitrogens with one attached hydrogen (secondary N) is 2. The molecule has 0 aliphatic carbocycles. The van der Waals surface area contributed by atoms with E-state index < -0.39 is 17.8 Å². The monoisotopic (exact) mass is 457 g/mol. The molecule has 0 fully saturated rings. The zero-order chi connectivity index (χ0) is 23.8. The van der Waals surface area contributed by atoms with Crippen molar-refractivity contribution in [1.29, 1.82) is 0 Å². The molecule has 0 spiro atoms. The van der Waals surface area contributed by atoms with Crippen LogP contribution in [0.4, 0.5) is 13.2 Å². The van der Waals surface area contributed by atoms with Crippen LogP contribution in [0.3, 0.4) is 0 Å². The number of pyridine rings is 1. The van der Waals surface area contributed by atoms with Crippen LogP contribution in [-0.4, -0.2) is 25.0 Å². The van der Waals surface area contributed by atoms with Gasteiger partial charge in [0.05, 0.1) is 12.7 Å². The van der Waals surface area contributed by atoms with Crippen LogP contribution in [0.15, 0.2) is 72.9 Å². The van der Waals surface area contributed by atoms with Gasteiger partial charge in [0.15, 0.2) is 0 Å². The fourth-order valence-electron chi connectivity index (χ4n) is 3.59. The maximum Gasteiger partial charge on any atom is 0.416 e. The fraction of sp³-hybridized carbons (Fsp3) is 0.280. The molecule has 0 bridgehead atoms. The van der Waals surface area contributed by atoms with Crippen LogP contribution in [0.2, 0.25) is 0 Å². The average Bonchev–Trinajstić information content (AvgIpc) is 2.84. The number of methoxy groups -OCH3 is 1. The first-order chi connectivity index (χ1) is 15.8. The third-order valence-corrected chi connectivity index (χ3v) is 5.38. The largest absolute Gasteiger partial charge is 0.481 e. The Balaban J connectivity index is 1.86. The minimum Gasteiger partial charge on any atom is -0.481 e. The van der Waals surface area contributed by atoms with Crippen LogP contribution < -0.4 is 15.4 Å². The Bertz CT molecular complexity index is 1040. The Morgan fingerprint density at radius 2 is 1.73 bits per heavy atom. The summed E-state index contributed by atoms with van der Waals surface area (Å²) in [7, 11) is 3.10. The molecule has 0 saturated heterocycles. The first-order valence-corrected chi connectivity index (χ1v) is 10.5. The number of rotatable bonds is 9. The quantitative estimate of drug-likeness (QED) is 0.482. The fourth-order valence-corrected chi connectivity index (χ4v) is 3.59. The van der Waals surface area contributed by atoms with Gasteiger partial charge in [0.25, 0.3) is 0 Å². The summed E-state index contributed by atoms with van der Waals surface area (Å²) in [5, 5.41) is 6.11. The lowest BCUT2D eigenvalue weighted by Gasteiger charge is -2.26. The van der Waals surface area contributed by atoms with E-state index >= 15 is 0 Å². The van der Waals surface area contributed by atoms with Crippen molar-refractivity contribution in [3.8, 4) is 5.88 Å². The van der Waals surface area contributed by atoms with Crippen molar-refractivity contribution >= 4 is 5.91 Å². The summed E-state index contributed by atoms with van der Waals surface area (Å²) in [6.07, 6.45) is -1.69. The van der Waals surface area contributed by atoms with Gasteiger partial charge in [-0.3, -0.25) is 10.1 Å². The summed E-state index contributed by atoms with van der Waals surface area (Å²) >= 11 is 0. The number of aryl methyl sites for hydroxylation is 1. The molecule has 0 aliphatic rings. The summed E-state index contributed by atoms with van der Waals surface area (Å²) in [4.78, 5) is 16.8. The van der Waals surface area contributed by atoms with E-state index in [1.807, 2.05) is 36.4 Å². The number of hydrogen-bond donors (Lipinski definition) is 2. The number of hydrogen-bond acceptors (Lipinski definition) is 4. The van der Waals surface area contributed by atoms with Crippen molar-refractivity contribution in [2.45, 2.75) is 31.1 Å². The third-order valence-electron chi connectivity index (χ3n) is 5.38. The van der Waals surface area contributed by atoms with Gasteiger partial charge < -0.3 is 10.1 Å². The summed E-state index contributed by atoms with van der Waals surface area (Å²) < 4.78 is 43.9. The molecule has 5 nitrogen and oxygen atoms in total. The predicted molar refractivity (Wildman–Crippen MR) is 120 cm³/mol. The Morgan fingerprint density at radius 3 is 2.33 bits per heavy atom. The Hall–Kier alpha value is -3.39. The van der Waals surface area contributed by atoms with E-state index in [1.165, 1.54) is 19.2 Å². The highest BCUT2D eigenvalue weighted by atomic mass is 19.4. The van der Waals surface area contributed by atoms with Gasteiger partial charge in [0, 0.05) is 25.4 Å². The number of benzene rings is 2. The number of amides is 1. The molecule has 0 aliphatic heterocycles. The van der Waals surface area contributed by atoms with E-state index in [0.717, 1.165) is 28.8 Å². The lowest BCUT2D eigenvalue weighted by molar-refractivity contribution is -0.137. The highest BCUT2D eigenvalue weighted by Gasteiger charge is 2.30.